The molecule has 2 aromatic carbocycles. The van der Waals surface area contributed by atoms with Crippen molar-refractivity contribution in [3.05, 3.63) is 66.2 Å². The van der Waals surface area contributed by atoms with Gasteiger partial charge >= 0.3 is 5.97 Å². The summed E-state index contributed by atoms with van der Waals surface area (Å²) in [6, 6.07) is 17.7. The van der Waals surface area contributed by atoms with E-state index in [1.165, 1.54) is 9.91 Å². The minimum Gasteiger partial charge on any atom is -0.443 e. The van der Waals surface area contributed by atoms with Crippen LogP contribution in [0, 0.1) is 0 Å². The third-order valence-electron chi connectivity index (χ3n) is 4.26. The molecule has 1 heterocycles. The molecule has 0 saturated heterocycles. The summed E-state index contributed by atoms with van der Waals surface area (Å²) in [5, 5.41) is 5.38. The molecule has 0 aliphatic carbocycles. The van der Waals surface area contributed by atoms with E-state index in [9.17, 15) is 14.4 Å². The van der Waals surface area contributed by atoms with Gasteiger partial charge in [-0.05, 0) is 12.1 Å². The van der Waals surface area contributed by atoms with Crippen molar-refractivity contribution >= 4 is 29.2 Å². The van der Waals surface area contributed by atoms with Gasteiger partial charge in [0.2, 0.25) is 12.0 Å². The molecule has 1 atom stereocenters. The maximum Gasteiger partial charge on any atom is 0.355 e. The van der Waals surface area contributed by atoms with Gasteiger partial charge in [-0.25, -0.2) is 9.80 Å². The number of carbonyl (C=O) groups is 3. The van der Waals surface area contributed by atoms with Crippen LogP contribution < -0.4 is 5.01 Å². The largest absolute Gasteiger partial charge is 0.443 e. The normalized spacial score (nSPS) is 14.9. The van der Waals surface area contributed by atoms with Crippen LogP contribution in [-0.4, -0.2) is 42.5 Å². The number of nitrogens with zero attached hydrogens (tertiary/aromatic N) is 3. The number of esters is 1. The van der Waals surface area contributed by atoms with Crippen LogP contribution in [0.2, 0.25) is 0 Å². The van der Waals surface area contributed by atoms with Crippen LogP contribution in [0.15, 0.2) is 65.8 Å². The van der Waals surface area contributed by atoms with Gasteiger partial charge in [0.15, 0.2) is 0 Å². The summed E-state index contributed by atoms with van der Waals surface area (Å²) in [6.45, 7) is 0. The van der Waals surface area contributed by atoms with Crippen molar-refractivity contribution in [2.75, 3.05) is 19.1 Å². The Morgan fingerprint density at radius 2 is 1.61 bits per heavy atom. The van der Waals surface area contributed by atoms with Crippen molar-refractivity contribution in [3.63, 3.8) is 0 Å². The minimum absolute atomic E-state index is 0.107. The lowest BCUT2D eigenvalue weighted by atomic mass is 10.1. The Morgan fingerprint density at radius 3 is 2.21 bits per heavy atom. The van der Waals surface area contributed by atoms with Crippen LogP contribution in [0.4, 0.5) is 5.69 Å². The van der Waals surface area contributed by atoms with Crippen LogP contribution in [0.5, 0.6) is 0 Å². The van der Waals surface area contributed by atoms with Crippen molar-refractivity contribution < 1.29 is 19.1 Å². The number of ether oxygens (including phenoxy) is 1. The second kappa shape index (κ2) is 8.47. The highest BCUT2D eigenvalue weighted by Gasteiger charge is 2.31. The minimum atomic E-state index is -1.07. The molecular weight excluding hydrogens is 358 g/mol. The molecule has 144 valence electrons. The quantitative estimate of drug-likeness (QED) is 0.748. The van der Waals surface area contributed by atoms with E-state index in [-0.39, 0.29) is 30.4 Å². The van der Waals surface area contributed by atoms with E-state index in [1.54, 1.807) is 62.6 Å². The smallest absolute Gasteiger partial charge is 0.355 e. The number of amides is 2. The SMILES string of the molecule is CN(C)C(=O)C(OC(=O)C1=NN(c2ccccc2)C(=O)CC1)c1ccccc1. The molecule has 1 unspecified atom stereocenters. The topological polar surface area (TPSA) is 79.3 Å². The fraction of sp³-hybridized carbons (Fsp3) is 0.238. The highest BCUT2D eigenvalue weighted by atomic mass is 16.5. The summed E-state index contributed by atoms with van der Waals surface area (Å²) in [6.07, 6.45) is -0.770. The van der Waals surface area contributed by atoms with Crippen LogP contribution in [0.25, 0.3) is 0 Å². The van der Waals surface area contributed by atoms with Crippen molar-refractivity contribution in [1.82, 2.24) is 4.90 Å². The van der Waals surface area contributed by atoms with E-state index in [2.05, 4.69) is 5.10 Å². The Balaban J connectivity index is 1.85. The molecule has 7 nitrogen and oxygen atoms in total. The van der Waals surface area contributed by atoms with Gasteiger partial charge in [0, 0.05) is 32.5 Å². The van der Waals surface area contributed by atoms with Gasteiger partial charge in [-0.3, -0.25) is 9.59 Å². The first-order valence-electron chi connectivity index (χ1n) is 8.90. The number of likely N-dealkylation sites (N-methyl/N-ethyl adjacent to an activating group) is 1. The second-order valence-corrected chi connectivity index (χ2v) is 6.52. The molecule has 0 N–H and O–H groups in total. The molecular formula is C21H21N3O4. The lowest BCUT2D eigenvalue weighted by molar-refractivity contribution is -0.154. The molecule has 0 bridgehead atoms. The molecule has 28 heavy (non-hydrogen) atoms. The summed E-state index contributed by atoms with van der Waals surface area (Å²) in [7, 11) is 3.19. The van der Waals surface area contributed by atoms with Crippen LogP contribution in [-0.2, 0) is 19.1 Å². The number of benzene rings is 2. The summed E-state index contributed by atoms with van der Waals surface area (Å²) in [5.74, 6) is -1.27. The van der Waals surface area contributed by atoms with Crippen molar-refractivity contribution in [2.45, 2.75) is 18.9 Å². The van der Waals surface area contributed by atoms with Gasteiger partial charge in [0.05, 0.1) is 5.69 Å². The molecule has 0 aromatic heterocycles. The number of rotatable bonds is 5. The van der Waals surface area contributed by atoms with E-state index >= 15 is 0 Å². The first-order valence-corrected chi connectivity index (χ1v) is 8.90. The van der Waals surface area contributed by atoms with Gasteiger partial charge < -0.3 is 9.64 Å². The third kappa shape index (κ3) is 4.25. The lowest BCUT2D eigenvalue weighted by Crippen LogP contribution is -2.37. The van der Waals surface area contributed by atoms with E-state index in [0.29, 0.717) is 11.3 Å². The fourth-order valence-corrected chi connectivity index (χ4v) is 2.77. The molecule has 0 spiro atoms. The van der Waals surface area contributed by atoms with E-state index in [0.717, 1.165) is 0 Å². The maximum absolute atomic E-state index is 12.7. The highest BCUT2D eigenvalue weighted by Crippen LogP contribution is 2.23. The molecule has 0 fully saturated rings. The summed E-state index contributed by atoms with van der Waals surface area (Å²) >= 11 is 0. The van der Waals surface area contributed by atoms with Gasteiger partial charge in [-0.1, -0.05) is 48.5 Å². The Labute approximate surface area is 163 Å². The zero-order chi connectivity index (χ0) is 20.1. The monoisotopic (exact) mass is 379 g/mol. The third-order valence-corrected chi connectivity index (χ3v) is 4.26. The predicted octanol–water partition coefficient (Wildman–Crippen LogP) is 2.54. The summed E-state index contributed by atoms with van der Waals surface area (Å²) in [5.41, 5.74) is 1.25. The fourth-order valence-electron chi connectivity index (χ4n) is 2.77. The van der Waals surface area contributed by atoms with Crippen molar-refractivity contribution in [2.24, 2.45) is 5.10 Å². The zero-order valence-electron chi connectivity index (χ0n) is 15.7. The Bertz CT molecular complexity index is 894. The Hall–Kier alpha value is -3.48. The molecule has 1 aliphatic heterocycles. The lowest BCUT2D eigenvalue weighted by Gasteiger charge is -2.25. The predicted molar refractivity (Wildman–Crippen MR) is 105 cm³/mol. The number of para-hydroxylation sites is 1. The van der Waals surface area contributed by atoms with Gasteiger partial charge in [0.1, 0.15) is 5.71 Å². The van der Waals surface area contributed by atoms with Crippen molar-refractivity contribution in [1.29, 1.82) is 0 Å². The molecule has 2 amide bonds. The van der Waals surface area contributed by atoms with E-state index in [1.807, 2.05) is 12.1 Å². The highest BCUT2D eigenvalue weighted by molar-refractivity contribution is 6.38. The zero-order valence-corrected chi connectivity index (χ0v) is 15.7. The van der Waals surface area contributed by atoms with Gasteiger partial charge in [0.25, 0.3) is 5.91 Å². The number of hydrogen-bond donors (Lipinski definition) is 0. The molecule has 7 heteroatoms. The summed E-state index contributed by atoms with van der Waals surface area (Å²) in [4.78, 5) is 38.9. The summed E-state index contributed by atoms with van der Waals surface area (Å²) < 4.78 is 5.52. The molecule has 0 saturated carbocycles. The number of anilines is 1. The number of hydrogen-bond acceptors (Lipinski definition) is 5. The molecule has 1 aliphatic rings. The standard InChI is InChI=1S/C21H21N3O4/c1-23(2)20(26)19(15-9-5-3-6-10-15)28-21(27)17-13-14-18(25)24(22-17)16-11-7-4-8-12-16/h3-12,19H,13-14H2,1-2H3. The van der Waals surface area contributed by atoms with Crippen LogP contribution in [0.3, 0.4) is 0 Å². The van der Waals surface area contributed by atoms with Crippen LogP contribution in [0.1, 0.15) is 24.5 Å². The molecule has 0 radical (unpaired) electrons. The van der Waals surface area contributed by atoms with E-state index in [4.69, 9.17) is 4.74 Å². The second-order valence-electron chi connectivity index (χ2n) is 6.52. The molecule has 2 aromatic rings. The van der Waals surface area contributed by atoms with Crippen molar-refractivity contribution in [3.8, 4) is 0 Å². The maximum atomic E-state index is 12.7. The van der Waals surface area contributed by atoms with Crippen LogP contribution >= 0.6 is 0 Å². The van der Waals surface area contributed by atoms with E-state index < -0.39 is 12.1 Å². The number of hydrazone groups is 1. The van der Waals surface area contributed by atoms with Gasteiger partial charge in [-0.2, -0.15) is 5.10 Å². The average molecular weight is 379 g/mol. The molecule has 3 rings (SSSR count). The Kier molecular flexibility index (Phi) is 5.84. The average Bonchev–Trinajstić information content (AvgIpc) is 2.73. The first kappa shape index (κ1) is 19.3. The first-order chi connectivity index (χ1) is 13.5. The van der Waals surface area contributed by atoms with Gasteiger partial charge in [-0.15, -0.1) is 0 Å². The number of carbonyl (C=O) groups excluding carboxylic acids is 3. The Morgan fingerprint density at radius 1 is 1.00 bits per heavy atom.